The van der Waals surface area contributed by atoms with Gasteiger partial charge in [0.15, 0.2) is 0 Å². The highest BCUT2D eigenvalue weighted by Gasteiger charge is 2.29. The van der Waals surface area contributed by atoms with Crippen molar-refractivity contribution >= 4 is 33.4 Å². The van der Waals surface area contributed by atoms with Crippen molar-refractivity contribution in [1.82, 2.24) is 14.5 Å². The van der Waals surface area contributed by atoms with E-state index in [1.807, 2.05) is 39.0 Å². The summed E-state index contributed by atoms with van der Waals surface area (Å²) >= 11 is 6.33. The number of carbonyl (C=O) groups excluding carboxylic acids is 2. The van der Waals surface area contributed by atoms with E-state index >= 15 is 0 Å². The lowest BCUT2D eigenvalue weighted by Crippen LogP contribution is -2.50. The van der Waals surface area contributed by atoms with Crippen LogP contribution in [0.1, 0.15) is 45.6 Å². The van der Waals surface area contributed by atoms with Crippen LogP contribution in [0.4, 0.5) is 0 Å². The Labute approximate surface area is 208 Å². The second-order valence-electron chi connectivity index (χ2n) is 8.44. The van der Waals surface area contributed by atoms with E-state index in [1.54, 1.807) is 41.3 Å². The fourth-order valence-corrected chi connectivity index (χ4v) is 5.03. The van der Waals surface area contributed by atoms with Gasteiger partial charge in [-0.1, -0.05) is 54.9 Å². The maximum Gasteiger partial charge on any atom is 0.243 e. The molecule has 9 heteroatoms. The number of hydrogen-bond donors (Lipinski definition) is 1. The van der Waals surface area contributed by atoms with Crippen LogP contribution in [0.3, 0.4) is 0 Å². The fourth-order valence-electron chi connectivity index (χ4n) is 3.60. The first-order valence-corrected chi connectivity index (χ1v) is 13.2. The molecule has 0 aliphatic rings. The number of halogens is 1. The second kappa shape index (κ2) is 12.9. The molecule has 1 atom stereocenters. The molecule has 2 aromatic rings. The first kappa shape index (κ1) is 27.8. The van der Waals surface area contributed by atoms with Crippen molar-refractivity contribution in [2.75, 3.05) is 13.6 Å². The second-order valence-corrected chi connectivity index (χ2v) is 10.9. The van der Waals surface area contributed by atoms with Crippen molar-refractivity contribution in [2.45, 2.75) is 63.6 Å². The van der Waals surface area contributed by atoms with Gasteiger partial charge in [-0.15, -0.1) is 0 Å². The third-order valence-corrected chi connectivity index (χ3v) is 7.67. The molecule has 0 radical (unpaired) electrons. The summed E-state index contributed by atoms with van der Waals surface area (Å²) in [6.07, 6.45) is 0.865. The molecule has 0 aliphatic heterocycles. The first-order chi connectivity index (χ1) is 16.1. The van der Waals surface area contributed by atoms with Gasteiger partial charge < -0.3 is 10.2 Å². The highest BCUT2D eigenvalue weighted by Crippen LogP contribution is 2.21. The summed E-state index contributed by atoms with van der Waals surface area (Å²) in [7, 11) is -2.13. The minimum atomic E-state index is -3.63. The Hall–Kier alpha value is -2.42. The normalized spacial score (nSPS) is 12.6. The van der Waals surface area contributed by atoms with Gasteiger partial charge in [-0.25, -0.2) is 12.7 Å². The Morgan fingerprint density at radius 2 is 1.65 bits per heavy atom. The summed E-state index contributed by atoms with van der Waals surface area (Å²) in [5.41, 5.74) is 0.747. The largest absolute Gasteiger partial charge is 0.352 e. The van der Waals surface area contributed by atoms with Crippen LogP contribution in [0.5, 0.6) is 0 Å². The minimum Gasteiger partial charge on any atom is -0.352 e. The number of carbonyl (C=O) groups is 2. The first-order valence-electron chi connectivity index (χ1n) is 11.4. The van der Waals surface area contributed by atoms with Crippen molar-refractivity contribution in [2.24, 2.45) is 0 Å². The van der Waals surface area contributed by atoms with Crippen LogP contribution in [-0.4, -0.2) is 55.1 Å². The minimum absolute atomic E-state index is 0.0596. The van der Waals surface area contributed by atoms with Crippen LogP contribution in [0.15, 0.2) is 59.5 Å². The zero-order valence-corrected chi connectivity index (χ0v) is 21.8. The molecule has 1 unspecified atom stereocenters. The van der Waals surface area contributed by atoms with Crippen molar-refractivity contribution in [3.8, 4) is 0 Å². The molecule has 0 spiro atoms. The predicted octanol–water partition coefficient (Wildman–Crippen LogP) is 4.07. The van der Waals surface area contributed by atoms with E-state index in [9.17, 15) is 18.0 Å². The van der Waals surface area contributed by atoms with Gasteiger partial charge in [0.05, 0.1) is 4.90 Å². The summed E-state index contributed by atoms with van der Waals surface area (Å²) in [6.45, 7) is 5.97. The molecule has 0 saturated carbocycles. The van der Waals surface area contributed by atoms with Gasteiger partial charge in [0, 0.05) is 37.6 Å². The molecular weight excluding hydrogens is 474 g/mol. The van der Waals surface area contributed by atoms with Gasteiger partial charge >= 0.3 is 0 Å². The molecule has 0 bridgehead atoms. The zero-order valence-electron chi connectivity index (χ0n) is 20.2. The van der Waals surface area contributed by atoms with Gasteiger partial charge in [0.25, 0.3) is 0 Å². The lowest BCUT2D eigenvalue weighted by Gasteiger charge is -2.31. The van der Waals surface area contributed by atoms with E-state index in [1.165, 1.54) is 11.4 Å². The van der Waals surface area contributed by atoms with Crippen LogP contribution >= 0.6 is 11.6 Å². The Morgan fingerprint density at radius 3 is 2.24 bits per heavy atom. The lowest BCUT2D eigenvalue weighted by molar-refractivity contribution is -0.141. The van der Waals surface area contributed by atoms with E-state index in [2.05, 4.69) is 5.32 Å². The van der Waals surface area contributed by atoms with E-state index in [0.717, 1.165) is 5.56 Å². The number of nitrogens with one attached hydrogen (secondary N) is 1. The SMILES string of the molecule is CCC(C(=O)NC(C)C)N(Cc1ccccc1Cl)C(=O)CCCN(C)S(=O)(=O)c1ccccc1. The number of hydrogen-bond acceptors (Lipinski definition) is 4. The molecular formula is C25H34ClN3O4S. The summed E-state index contributed by atoms with van der Waals surface area (Å²) in [6, 6.07) is 14.7. The predicted molar refractivity (Wildman–Crippen MR) is 135 cm³/mol. The highest BCUT2D eigenvalue weighted by molar-refractivity contribution is 7.89. The monoisotopic (exact) mass is 507 g/mol. The summed E-state index contributed by atoms with van der Waals surface area (Å²) in [5.74, 6) is -0.446. The highest BCUT2D eigenvalue weighted by atomic mass is 35.5. The average Bonchev–Trinajstić information content (AvgIpc) is 2.80. The Balaban J connectivity index is 2.14. The maximum absolute atomic E-state index is 13.3. The molecule has 1 N–H and O–H groups in total. The number of rotatable bonds is 12. The maximum atomic E-state index is 13.3. The molecule has 7 nitrogen and oxygen atoms in total. The van der Waals surface area contributed by atoms with Crippen LogP contribution in [0.2, 0.25) is 5.02 Å². The standard InChI is InChI=1S/C25H34ClN3O4S/c1-5-23(25(31)27-19(2)3)29(18-20-12-9-10-15-22(20)26)24(30)16-11-17-28(4)34(32,33)21-13-7-6-8-14-21/h6-10,12-15,19,23H,5,11,16-18H2,1-4H3,(H,27,31). The summed E-state index contributed by atoms with van der Waals surface area (Å²) < 4.78 is 26.7. The topological polar surface area (TPSA) is 86.8 Å². The molecule has 2 rings (SSSR count). The summed E-state index contributed by atoms with van der Waals surface area (Å²) in [4.78, 5) is 27.9. The molecule has 186 valence electrons. The van der Waals surface area contributed by atoms with Gasteiger partial charge in [-0.05, 0) is 50.5 Å². The van der Waals surface area contributed by atoms with Crippen LogP contribution < -0.4 is 5.32 Å². The van der Waals surface area contributed by atoms with Crippen LogP contribution in [-0.2, 0) is 26.2 Å². The van der Waals surface area contributed by atoms with Crippen molar-refractivity contribution in [3.63, 3.8) is 0 Å². The van der Waals surface area contributed by atoms with E-state index in [-0.39, 0.29) is 42.3 Å². The van der Waals surface area contributed by atoms with E-state index in [0.29, 0.717) is 17.9 Å². The molecule has 0 heterocycles. The number of benzene rings is 2. The number of sulfonamides is 1. The van der Waals surface area contributed by atoms with Crippen molar-refractivity contribution < 1.29 is 18.0 Å². The van der Waals surface area contributed by atoms with Gasteiger partial charge in [-0.2, -0.15) is 0 Å². The Morgan fingerprint density at radius 1 is 1.03 bits per heavy atom. The number of amides is 2. The molecule has 0 aliphatic carbocycles. The Kier molecular flexibility index (Phi) is 10.5. The molecule has 2 amide bonds. The molecule has 0 aromatic heterocycles. The quantitative estimate of drug-likeness (QED) is 0.469. The smallest absolute Gasteiger partial charge is 0.243 e. The number of nitrogens with zero attached hydrogens (tertiary/aromatic N) is 2. The zero-order chi connectivity index (χ0) is 25.3. The van der Waals surface area contributed by atoms with E-state index < -0.39 is 16.1 Å². The molecule has 34 heavy (non-hydrogen) atoms. The third kappa shape index (κ3) is 7.55. The third-order valence-electron chi connectivity index (χ3n) is 5.43. The van der Waals surface area contributed by atoms with Gasteiger partial charge in [0.1, 0.15) is 6.04 Å². The van der Waals surface area contributed by atoms with Crippen molar-refractivity contribution in [1.29, 1.82) is 0 Å². The van der Waals surface area contributed by atoms with Gasteiger partial charge in [0.2, 0.25) is 21.8 Å². The van der Waals surface area contributed by atoms with Crippen LogP contribution in [0.25, 0.3) is 0 Å². The summed E-state index contributed by atoms with van der Waals surface area (Å²) in [5, 5.41) is 3.41. The average molecular weight is 508 g/mol. The fraction of sp³-hybridized carbons (Fsp3) is 0.440. The lowest BCUT2D eigenvalue weighted by atomic mass is 10.1. The van der Waals surface area contributed by atoms with Gasteiger partial charge in [-0.3, -0.25) is 9.59 Å². The Bertz CT molecular complexity index is 1060. The molecule has 0 saturated heterocycles. The molecule has 2 aromatic carbocycles. The molecule has 0 fully saturated rings. The van der Waals surface area contributed by atoms with Crippen molar-refractivity contribution in [3.05, 3.63) is 65.2 Å². The van der Waals surface area contributed by atoms with Crippen LogP contribution in [0, 0.1) is 0 Å². The van der Waals surface area contributed by atoms with E-state index in [4.69, 9.17) is 11.6 Å².